The summed E-state index contributed by atoms with van der Waals surface area (Å²) in [6.07, 6.45) is 3.19. The quantitative estimate of drug-likeness (QED) is 0.851. The van der Waals surface area contributed by atoms with Crippen LogP contribution < -0.4 is 19.1 Å². The molecule has 10 heteroatoms. The minimum absolute atomic E-state index is 0.0963. The van der Waals surface area contributed by atoms with Gasteiger partial charge in [0.25, 0.3) is 0 Å². The number of fused-ring (bicyclic) bond motifs is 1. The highest BCUT2D eigenvalue weighted by molar-refractivity contribution is 7.89. The van der Waals surface area contributed by atoms with E-state index >= 15 is 0 Å². The number of benzene rings is 1. The number of piperidine rings is 1. The number of sulfonamides is 1. The van der Waals surface area contributed by atoms with Gasteiger partial charge in [-0.15, -0.1) is 0 Å². The van der Waals surface area contributed by atoms with Gasteiger partial charge in [0.1, 0.15) is 13.2 Å². The van der Waals surface area contributed by atoms with Crippen molar-refractivity contribution < 1.29 is 17.9 Å². The summed E-state index contributed by atoms with van der Waals surface area (Å²) in [6, 6.07) is 4.61. The number of hydrogen-bond acceptors (Lipinski definition) is 8. The van der Waals surface area contributed by atoms with Gasteiger partial charge >= 0.3 is 0 Å². The van der Waals surface area contributed by atoms with Crippen LogP contribution in [0.25, 0.3) is 0 Å². The Bertz CT molecular complexity index is 833. The monoisotopic (exact) mass is 382 g/mol. The van der Waals surface area contributed by atoms with E-state index in [0.717, 1.165) is 31.7 Å². The third kappa shape index (κ3) is 3.55. The zero-order valence-corrected chi connectivity index (χ0v) is 15.1. The third-order valence-corrected chi connectivity index (χ3v) is 6.30. The molecule has 1 saturated heterocycles. The fraction of sp³-hybridized carbons (Fsp3) is 0.467. The normalized spacial score (nSPS) is 18.3. The standard InChI is InChI=1S/C15H18N4O4S2/c20-25(21,12-1-2-13-14(9-12)23-8-7-22-13)18-11-3-5-19(6-4-11)15-10-16-24-17-15/h1-2,9-11,18H,3-8H2. The molecule has 1 N–H and O–H groups in total. The topological polar surface area (TPSA) is 93.7 Å². The van der Waals surface area contributed by atoms with Crippen molar-refractivity contribution in [2.75, 3.05) is 31.2 Å². The van der Waals surface area contributed by atoms with E-state index in [4.69, 9.17) is 9.47 Å². The van der Waals surface area contributed by atoms with Crippen molar-refractivity contribution in [1.82, 2.24) is 13.5 Å². The van der Waals surface area contributed by atoms with E-state index in [1.54, 1.807) is 18.3 Å². The van der Waals surface area contributed by atoms with Gasteiger partial charge in [-0.25, -0.2) is 13.1 Å². The number of nitrogens with one attached hydrogen (secondary N) is 1. The molecule has 0 spiro atoms. The lowest BCUT2D eigenvalue weighted by atomic mass is 10.1. The fourth-order valence-electron chi connectivity index (χ4n) is 3.00. The summed E-state index contributed by atoms with van der Waals surface area (Å²) in [4.78, 5) is 2.32. The van der Waals surface area contributed by atoms with Gasteiger partial charge in [-0.2, -0.15) is 8.75 Å². The van der Waals surface area contributed by atoms with E-state index < -0.39 is 10.0 Å². The Hall–Kier alpha value is -1.91. The average Bonchev–Trinajstić information content (AvgIpc) is 3.16. The Morgan fingerprint density at radius 3 is 2.64 bits per heavy atom. The molecule has 2 aromatic rings. The number of rotatable bonds is 4. The lowest BCUT2D eigenvalue weighted by molar-refractivity contribution is 0.171. The second-order valence-corrected chi connectivity index (χ2v) is 8.22. The first-order valence-corrected chi connectivity index (χ1v) is 10.3. The van der Waals surface area contributed by atoms with Gasteiger partial charge in [0.15, 0.2) is 17.3 Å². The minimum atomic E-state index is -3.59. The Morgan fingerprint density at radius 1 is 1.16 bits per heavy atom. The SMILES string of the molecule is O=S(=O)(NC1CCN(c2cnsn2)CC1)c1ccc2c(c1)OCCO2. The summed E-state index contributed by atoms with van der Waals surface area (Å²) in [7, 11) is -3.59. The molecular formula is C15H18N4O4S2. The molecule has 0 bridgehead atoms. The minimum Gasteiger partial charge on any atom is -0.486 e. The highest BCUT2D eigenvalue weighted by atomic mass is 32.2. The number of anilines is 1. The lowest BCUT2D eigenvalue weighted by Gasteiger charge is -2.32. The first kappa shape index (κ1) is 16.6. The maximum Gasteiger partial charge on any atom is 0.240 e. The van der Waals surface area contributed by atoms with Crippen LogP contribution in [0.4, 0.5) is 5.82 Å². The Morgan fingerprint density at radius 2 is 1.92 bits per heavy atom. The van der Waals surface area contributed by atoms with Gasteiger partial charge in [0, 0.05) is 25.2 Å². The van der Waals surface area contributed by atoms with Crippen LogP contribution in [0.5, 0.6) is 11.5 Å². The average molecular weight is 382 g/mol. The van der Waals surface area contributed by atoms with E-state index in [1.807, 2.05) is 0 Å². The molecular weight excluding hydrogens is 364 g/mol. The first-order valence-electron chi connectivity index (χ1n) is 8.06. The molecule has 1 aromatic carbocycles. The van der Waals surface area contributed by atoms with Gasteiger partial charge in [0.2, 0.25) is 10.0 Å². The van der Waals surface area contributed by atoms with Crippen LogP contribution >= 0.6 is 11.7 Å². The van der Waals surface area contributed by atoms with Crippen molar-refractivity contribution in [2.45, 2.75) is 23.8 Å². The summed E-state index contributed by atoms with van der Waals surface area (Å²) in [5.41, 5.74) is 0. The molecule has 8 nitrogen and oxygen atoms in total. The Labute approximate surface area is 150 Å². The van der Waals surface area contributed by atoms with Crippen LogP contribution in [0.2, 0.25) is 0 Å². The molecule has 2 aliphatic rings. The van der Waals surface area contributed by atoms with Crippen molar-refractivity contribution in [2.24, 2.45) is 0 Å². The predicted octanol–water partition coefficient (Wildman–Crippen LogP) is 1.26. The van der Waals surface area contributed by atoms with Crippen molar-refractivity contribution in [3.63, 3.8) is 0 Å². The second kappa shape index (κ2) is 6.77. The van der Waals surface area contributed by atoms with Gasteiger partial charge in [-0.1, -0.05) is 0 Å². The molecule has 0 saturated carbocycles. The van der Waals surface area contributed by atoms with E-state index in [9.17, 15) is 8.42 Å². The maximum atomic E-state index is 12.7. The molecule has 3 heterocycles. The lowest BCUT2D eigenvalue weighted by Crippen LogP contribution is -2.44. The maximum absolute atomic E-state index is 12.7. The number of nitrogens with zero attached hydrogens (tertiary/aromatic N) is 3. The number of hydrogen-bond donors (Lipinski definition) is 1. The van der Waals surface area contributed by atoms with Crippen molar-refractivity contribution in [1.29, 1.82) is 0 Å². The van der Waals surface area contributed by atoms with Crippen LogP contribution in [0.15, 0.2) is 29.3 Å². The van der Waals surface area contributed by atoms with Crippen LogP contribution in [-0.2, 0) is 10.0 Å². The van der Waals surface area contributed by atoms with Crippen molar-refractivity contribution >= 4 is 27.6 Å². The van der Waals surface area contributed by atoms with Gasteiger partial charge in [-0.3, -0.25) is 0 Å². The molecule has 0 radical (unpaired) electrons. The summed E-state index contributed by atoms with van der Waals surface area (Å²) < 4.78 is 47.2. The molecule has 4 rings (SSSR count). The van der Waals surface area contributed by atoms with Crippen molar-refractivity contribution in [3.05, 3.63) is 24.4 Å². The second-order valence-electron chi connectivity index (χ2n) is 5.95. The van der Waals surface area contributed by atoms with Crippen LogP contribution in [0.1, 0.15) is 12.8 Å². The molecule has 25 heavy (non-hydrogen) atoms. The predicted molar refractivity (Wildman–Crippen MR) is 92.9 cm³/mol. The van der Waals surface area contributed by atoms with Crippen LogP contribution in [-0.4, -0.2) is 49.5 Å². The fourth-order valence-corrected chi connectivity index (χ4v) is 4.76. The van der Waals surface area contributed by atoms with Crippen LogP contribution in [0.3, 0.4) is 0 Å². The first-order chi connectivity index (χ1) is 12.1. The molecule has 0 amide bonds. The molecule has 2 aliphatic heterocycles. The smallest absolute Gasteiger partial charge is 0.240 e. The summed E-state index contributed by atoms with van der Waals surface area (Å²) in [5.74, 6) is 1.91. The summed E-state index contributed by atoms with van der Waals surface area (Å²) >= 11 is 1.18. The van der Waals surface area contributed by atoms with E-state index in [-0.39, 0.29) is 10.9 Å². The van der Waals surface area contributed by atoms with Gasteiger partial charge in [0.05, 0.1) is 22.8 Å². The molecule has 1 aromatic heterocycles. The van der Waals surface area contributed by atoms with E-state index in [1.165, 1.54) is 17.8 Å². The Balaban J connectivity index is 1.42. The zero-order chi connectivity index (χ0) is 17.3. The molecule has 0 aliphatic carbocycles. The van der Waals surface area contributed by atoms with Crippen LogP contribution in [0, 0.1) is 0 Å². The van der Waals surface area contributed by atoms with E-state index in [0.29, 0.717) is 24.7 Å². The van der Waals surface area contributed by atoms with Gasteiger partial charge < -0.3 is 14.4 Å². The molecule has 0 atom stereocenters. The third-order valence-electron chi connectivity index (χ3n) is 4.31. The highest BCUT2D eigenvalue weighted by Gasteiger charge is 2.26. The van der Waals surface area contributed by atoms with Crippen molar-refractivity contribution in [3.8, 4) is 11.5 Å². The van der Waals surface area contributed by atoms with E-state index in [2.05, 4.69) is 18.4 Å². The largest absolute Gasteiger partial charge is 0.486 e. The zero-order valence-electron chi connectivity index (χ0n) is 13.4. The molecule has 134 valence electrons. The number of aromatic nitrogens is 2. The summed E-state index contributed by atoms with van der Waals surface area (Å²) in [5, 5.41) is 0. The Kier molecular flexibility index (Phi) is 4.48. The summed E-state index contributed by atoms with van der Waals surface area (Å²) in [6.45, 7) is 2.40. The molecule has 0 unspecified atom stereocenters. The highest BCUT2D eigenvalue weighted by Crippen LogP contribution is 2.32. The number of ether oxygens (including phenoxy) is 2. The van der Waals surface area contributed by atoms with Gasteiger partial charge in [-0.05, 0) is 25.0 Å². The molecule has 1 fully saturated rings.